The molecule has 194 valence electrons. The van der Waals surface area contributed by atoms with Crippen molar-refractivity contribution in [3.63, 3.8) is 0 Å². The van der Waals surface area contributed by atoms with Gasteiger partial charge in [0.1, 0.15) is 0 Å². The number of allylic oxidation sites excluding steroid dienone is 1. The molecule has 1 saturated heterocycles. The second kappa shape index (κ2) is 14.5. The van der Waals surface area contributed by atoms with Crippen LogP contribution in [-0.4, -0.2) is 60.2 Å². The number of aromatic nitrogens is 2. The Morgan fingerprint density at radius 3 is 2.61 bits per heavy atom. The van der Waals surface area contributed by atoms with Crippen molar-refractivity contribution in [2.45, 2.75) is 39.2 Å². The predicted octanol–water partition coefficient (Wildman–Crippen LogP) is 2.54. The monoisotopic (exact) mass is 493 g/mol. The van der Waals surface area contributed by atoms with E-state index in [0.717, 1.165) is 41.2 Å². The SMILES string of the molecule is CCC1CCCN1CC(=O)Nc1cnc(C)c(NC)c1.CN=C/C(=C\N)c1ccc(/C(N)=C/N)nc1. The number of aliphatic imine (C=N–C) groups is 1. The Balaban J connectivity index is 0.000000261. The molecule has 3 rings (SSSR count). The number of anilines is 2. The maximum Gasteiger partial charge on any atom is 0.238 e. The van der Waals surface area contributed by atoms with Gasteiger partial charge in [-0.25, -0.2) is 0 Å². The van der Waals surface area contributed by atoms with Crippen molar-refractivity contribution in [1.29, 1.82) is 0 Å². The van der Waals surface area contributed by atoms with Crippen molar-refractivity contribution < 1.29 is 4.79 Å². The third kappa shape index (κ3) is 8.09. The third-order valence-electron chi connectivity index (χ3n) is 5.98. The van der Waals surface area contributed by atoms with Gasteiger partial charge in [0, 0.05) is 56.1 Å². The molecule has 1 aliphatic heterocycles. The van der Waals surface area contributed by atoms with E-state index in [1.165, 1.54) is 25.2 Å². The zero-order valence-electron chi connectivity index (χ0n) is 21.7. The van der Waals surface area contributed by atoms with E-state index < -0.39 is 0 Å². The highest BCUT2D eigenvalue weighted by atomic mass is 16.2. The number of likely N-dealkylation sites (tertiary alicyclic amines) is 1. The maximum absolute atomic E-state index is 12.1. The molecule has 8 N–H and O–H groups in total. The Morgan fingerprint density at radius 1 is 1.25 bits per heavy atom. The highest BCUT2D eigenvalue weighted by Gasteiger charge is 2.24. The van der Waals surface area contributed by atoms with Crippen LogP contribution in [0.15, 0.2) is 48.0 Å². The fraction of sp³-hybridized carbons (Fsp3) is 0.385. The van der Waals surface area contributed by atoms with Crippen molar-refractivity contribution >= 4 is 34.8 Å². The van der Waals surface area contributed by atoms with E-state index in [1.54, 1.807) is 31.7 Å². The van der Waals surface area contributed by atoms with Crippen LogP contribution in [0.3, 0.4) is 0 Å². The summed E-state index contributed by atoms with van der Waals surface area (Å²) in [5.41, 5.74) is 21.8. The van der Waals surface area contributed by atoms with Gasteiger partial charge in [-0.2, -0.15) is 0 Å². The fourth-order valence-electron chi connectivity index (χ4n) is 3.98. The maximum atomic E-state index is 12.1. The molecule has 1 fully saturated rings. The van der Waals surface area contributed by atoms with E-state index in [9.17, 15) is 4.79 Å². The quantitative estimate of drug-likeness (QED) is 0.351. The molecule has 0 bridgehead atoms. The van der Waals surface area contributed by atoms with E-state index >= 15 is 0 Å². The molecule has 0 spiro atoms. The van der Waals surface area contributed by atoms with Gasteiger partial charge in [-0.3, -0.25) is 24.7 Å². The first-order chi connectivity index (χ1) is 17.4. The fourth-order valence-corrected chi connectivity index (χ4v) is 3.98. The predicted molar refractivity (Wildman–Crippen MR) is 149 cm³/mol. The number of amides is 1. The van der Waals surface area contributed by atoms with Crippen LogP contribution in [0.2, 0.25) is 0 Å². The highest BCUT2D eigenvalue weighted by molar-refractivity contribution is 6.09. The lowest BCUT2D eigenvalue weighted by molar-refractivity contribution is -0.117. The topological polar surface area (TPSA) is 161 Å². The van der Waals surface area contributed by atoms with Gasteiger partial charge in [0.25, 0.3) is 0 Å². The zero-order chi connectivity index (χ0) is 26.5. The molecule has 0 saturated carbocycles. The number of aryl methyl sites for hydroxylation is 1. The number of carbonyl (C=O) groups is 1. The van der Waals surface area contributed by atoms with Gasteiger partial charge in [-0.05, 0) is 44.9 Å². The van der Waals surface area contributed by atoms with E-state index in [-0.39, 0.29) is 5.91 Å². The molecule has 2 aromatic heterocycles. The minimum absolute atomic E-state index is 0.0399. The highest BCUT2D eigenvalue weighted by Crippen LogP contribution is 2.20. The van der Waals surface area contributed by atoms with Crippen molar-refractivity contribution in [3.8, 4) is 0 Å². The smallest absolute Gasteiger partial charge is 0.238 e. The Bertz CT molecular complexity index is 1080. The minimum Gasteiger partial charge on any atom is -0.404 e. The van der Waals surface area contributed by atoms with Crippen LogP contribution in [0.5, 0.6) is 0 Å². The number of nitrogens with zero attached hydrogens (tertiary/aromatic N) is 4. The van der Waals surface area contributed by atoms with Crippen LogP contribution in [-0.2, 0) is 4.79 Å². The lowest BCUT2D eigenvalue weighted by Crippen LogP contribution is -2.36. The normalized spacial score (nSPS) is 16.5. The summed E-state index contributed by atoms with van der Waals surface area (Å²) in [6.07, 6.45) is 11.4. The molecule has 1 aliphatic rings. The van der Waals surface area contributed by atoms with Crippen molar-refractivity contribution in [1.82, 2.24) is 14.9 Å². The number of pyridine rings is 2. The molecule has 10 heteroatoms. The molecule has 0 aliphatic carbocycles. The van der Waals surface area contributed by atoms with E-state index in [0.29, 0.717) is 24.0 Å². The minimum atomic E-state index is 0.0399. The van der Waals surface area contributed by atoms with Gasteiger partial charge in [-0.1, -0.05) is 13.0 Å². The molecule has 10 nitrogen and oxygen atoms in total. The second-order valence-electron chi connectivity index (χ2n) is 8.39. The lowest BCUT2D eigenvalue weighted by Gasteiger charge is -2.22. The standard InChI is InChI=1S/C15H24N4O.C11H15N5/c1-4-13-6-5-7-19(13)10-15(20)18-12-8-14(16-3)11(2)17-9-12;1-15-6-9(4-12)8-2-3-11(16-7-8)10(14)5-13/h8-9,13,16H,4-7,10H2,1-3H3,(H,18,20);2-7H,12-14H2,1H3/b;9-4+,10-5-,15-6?. The molecular formula is C26H39N9O. The van der Waals surface area contributed by atoms with Crippen LogP contribution in [0.25, 0.3) is 11.3 Å². The molecular weight excluding hydrogens is 454 g/mol. The zero-order valence-corrected chi connectivity index (χ0v) is 21.7. The van der Waals surface area contributed by atoms with Gasteiger partial charge in [0.2, 0.25) is 5.91 Å². The summed E-state index contributed by atoms with van der Waals surface area (Å²) < 4.78 is 0. The third-order valence-corrected chi connectivity index (χ3v) is 5.98. The number of nitrogens with one attached hydrogen (secondary N) is 2. The number of hydrogen-bond donors (Lipinski definition) is 5. The first-order valence-corrected chi connectivity index (χ1v) is 12.0. The van der Waals surface area contributed by atoms with Crippen LogP contribution in [0, 0.1) is 6.92 Å². The Kier molecular flexibility index (Phi) is 11.4. The lowest BCUT2D eigenvalue weighted by atomic mass is 10.1. The first-order valence-electron chi connectivity index (χ1n) is 12.0. The summed E-state index contributed by atoms with van der Waals surface area (Å²) in [6.45, 7) is 5.62. The Labute approximate surface area is 213 Å². The molecule has 1 unspecified atom stereocenters. The summed E-state index contributed by atoms with van der Waals surface area (Å²) in [7, 11) is 3.53. The molecule has 0 radical (unpaired) electrons. The van der Waals surface area contributed by atoms with Crippen molar-refractivity contribution in [3.05, 3.63) is 59.9 Å². The van der Waals surface area contributed by atoms with Gasteiger partial charge in [0.05, 0.1) is 41.2 Å². The van der Waals surface area contributed by atoms with Crippen molar-refractivity contribution in [2.24, 2.45) is 22.2 Å². The van der Waals surface area contributed by atoms with Crippen LogP contribution < -0.4 is 27.8 Å². The average Bonchev–Trinajstić information content (AvgIpc) is 3.35. The molecule has 1 atom stereocenters. The van der Waals surface area contributed by atoms with E-state index in [2.05, 4.69) is 37.4 Å². The molecule has 0 aromatic carbocycles. The molecule has 1 amide bonds. The Hall–Kier alpha value is -3.92. The summed E-state index contributed by atoms with van der Waals surface area (Å²) in [5.74, 6) is 0.0399. The van der Waals surface area contributed by atoms with Gasteiger partial charge in [0.15, 0.2) is 0 Å². The largest absolute Gasteiger partial charge is 0.404 e. The second-order valence-corrected chi connectivity index (χ2v) is 8.39. The molecule has 3 heterocycles. The van der Waals surface area contributed by atoms with Gasteiger partial charge < -0.3 is 27.8 Å². The summed E-state index contributed by atoms with van der Waals surface area (Å²) >= 11 is 0. The number of nitrogens with two attached hydrogens (primary N) is 3. The number of hydrogen-bond acceptors (Lipinski definition) is 9. The average molecular weight is 494 g/mol. The molecule has 2 aromatic rings. The van der Waals surface area contributed by atoms with E-state index in [1.807, 2.05) is 26.1 Å². The van der Waals surface area contributed by atoms with Crippen molar-refractivity contribution in [2.75, 3.05) is 37.8 Å². The van der Waals surface area contributed by atoms with Gasteiger partial charge >= 0.3 is 0 Å². The summed E-state index contributed by atoms with van der Waals surface area (Å²) in [6, 6.07) is 6.12. The first kappa shape index (κ1) is 28.3. The van der Waals surface area contributed by atoms with E-state index in [4.69, 9.17) is 17.2 Å². The Morgan fingerprint density at radius 2 is 2.03 bits per heavy atom. The number of carbonyl (C=O) groups excluding carboxylic acids is 1. The molecule has 36 heavy (non-hydrogen) atoms. The number of rotatable bonds is 8. The summed E-state index contributed by atoms with van der Waals surface area (Å²) in [5, 5.41) is 6.01. The van der Waals surface area contributed by atoms with Crippen LogP contribution in [0.4, 0.5) is 11.4 Å². The van der Waals surface area contributed by atoms with Gasteiger partial charge in [-0.15, -0.1) is 0 Å². The van der Waals surface area contributed by atoms with Crippen LogP contribution in [0.1, 0.15) is 43.1 Å². The van der Waals surface area contributed by atoms with Crippen LogP contribution >= 0.6 is 0 Å². The summed E-state index contributed by atoms with van der Waals surface area (Å²) in [4.78, 5) is 26.7.